The van der Waals surface area contributed by atoms with Gasteiger partial charge in [-0.1, -0.05) is 48.9 Å². The molecule has 0 aliphatic heterocycles. The van der Waals surface area contributed by atoms with Crippen molar-refractivity contribution >= 4 is 27.5 Å². The summed E-state index contributed by atoms with van der Waals surface area (Å²) in [6, 6.07) is 13.0. The van der Waals surface area contributed by atoms with E-state index in [1.54, 1.807) is 4.90 Å². The molecule has 0 saturated carbocycles. The first kappa shape index (κ1) is 30.4. The van der Waals surface area contributed by atoms with Gasteiger partial charge in [-0.2, -0.15) is 0 Å². The van der Waals surface area contributed by atoms with Gasteiger partial charge in [0.1, 0.15) is 6.04 Å². The Morgan fingerprint density at radius 1 is 1.00 bits per heavy atom. The van der Waals surface area contributed by atoms with Crippen molar-refractivity contribution in [3.8, 4) is 0 Å². The maximum Gasteiger partial charge on any atom is 0.243 e. The lowest BCUT2D eigenvalue weighted by atomic mass is 10.0. The van der Waals surface area contributed by atoms with Gasteiger partial charge in [0, 0.05) is 25.0 Å². The second kappa shape index (κ2) is 12.6. The van der Waals surface area contributed by atoms with Crippen molar-refractivity contribution in [2.24, 2.45) is 0 Å². The van der Waals surface area contributed by atoms with Gasteiger partial charge in [-0.3, -0.25) is 13.9 Å². The summed E-state index contributed by atoms with van der Waals surface area (Å²) in [6.45, 7) is 13.9. The molecule has 2 aromatic rings. The number of hydrogen-bond acceptors (Lipinski definition) is 4. The number of nitrogens with one attached hydrogen (secondary N) is 1. The highest BCUT2D eigenvalue weighted by atomic mass is 32.2. The summed E-state index contributed by atoms with van der Waals surface area (Å²) in [5.74, 6) is -0.365. The average molecular weight is 530 g/mol. The van der Waals surface area contributed by atoms with Crippen molar-refractivity contribution < 1.29 is 18.0 Å². The topological polar surface area (TPSA) is 86.8 Å². The standard InChI is InChI=1S/C29H43N3O4S/c1-9-25(28(34)30-29(5,6)7)31(20-24-13-10-12-21(2)18-24)27(33)14-11-17-32(37(8,35)36)26-19-22(3)15-16-23(26)4/h10,12-13,15-16,18-19,25H,9,11,14,17,20H2,1-8H3,(H,30,34). The number of anilines is 1. The predicted octanol–water partition coefficient (Wildman–Crippen LogP) is 4.88. The lowest BCUT2D eigenvalue weighted by molar-refractivity contribution is -0.142. The van der Waals surface area contributed by atoms with Crippen LogP contribution in [0.4, 0.5) is 5.69 Å². The molecule has 2 amide bonds. The fraction of sp³-hybridized carbons (Fsp3) is 0.517. The zero-order valence-corrected chi connectivity index (χ0v) is 24.4. The van der Waals surface area contributed by atoms with Crippen LogP contribution in [0.2, 0.25) is 0 Å². The fourth-order valence-electron chi connectivity index (χ4n) is 4.35. The van der Waals surface area contributed by atoms with Crippen LogP contribution in [0.15, 0.2) is 42.5 Å². The molecule has 0 heterocycles. The lowest BCUT2D eigenvalue weighted by Gasteiger charge is -2.33. The van der Waals surface area contributed by atoms with Gasteiger partial charge in [0.15, 0.2) is 0 Å². The summed E-state index contributed by atoms with van der Waals surface area (Å²) in [5.41, 5.74) is 4.05. The van der Waals surface area contributed by atoms with E-state index in [1.165, 1.54) is 10.6 Å². The molecule has 0 aliphatic carbocycles. The second-order valence-corrected chi connectivity index (χ2v) is 12.8. The maximum atomic E-state index is 13.6. The van der Waals surface area contributed by atoms with Crippen molar-refractivity contribution in [3.63, 3.8) is 0 Å². The van der Waals surface area contributed by atoms with Gasteiger partial charge in [0.05, 0.1) is 11.9 Å². The highest BCUT2D eigenvalue weighted by molar-refractivity contribution is 7.92. The molecule has 0 radical (unpaired) electrons. The third kappa shape index (κ3) is 9.18. The summed E-state index contributed by atoms with van der Waals surface area (Å²) < 4.78 is 26.6. The molecule has 2 aromatic carbocycles. The van der Waals surface area contributed by atoms with Crippen LogP contribution in [0.3, 0.4) is 0 Å². The monoisotopic (exact) mass is 529 g/mol. The number of amides is 2. The summed E-state index contributed by atoms with van der Waals surface area (Å²) in [4.78, 5) is 28.4. The zero-order valence-electron chi connectivity index (χ0n) is 23.6. The zero-order chi connectivity index (χ0) is 28.0. The third-order valence-electron chi connectivity index (χ3n) is 6.11. The largest absolute Gasteiger partial charge is 0.350 e. The van der Waals surface area contributed by atoms with Crippen LogP contribution in [0, 0.1) is 20.8 Å². The Morgan fingerprint density at radius 2 is 1.65 bits per heavy atom. The molecule has 1 unspecified atom stereocenters. The van der Waals surface area contributed by atoms with Crippen molar-refractivity contribution in [1.29, 1.82) is 0 Å². The molecule has 0 bridgehead atoms. The summed E-state index contributed by atoms with van der Waals surface area (Å²) in [5, 5.41) is 3.01. The molecule has 2 rings (SSSR count). The van der Waals surface area contributed by atoms with Crippen LogP contribution in [-0.4, -0.2) is 49.5 Å². The van der Waals surface area contributed by atoms with E-state index in [-0.39, 0.29) is 24.8 Å². The highest BCUT2D eigenvalue weighted by Gasteiger charge is 2.31. The lowest BCUT2D eigenvalue weighted by Crippen LogP contribution is -2.53. The minimum atomic E-state index is -3.54. The van der Waals surface area contributed by atoms with E-state index >= 15 is 0 Å². The number of rotatable bonds is 11. The van der Waals surface area contributed by atoms with Gasteiger partial charge >= 0.3 is 0 Å². The van der Waals surface area contributed by atoms with E-state index in [0.717, 1.165) is 22.3 Å². The number of hydrogen-bond donors (Lipinski definition) is 1. The van der Waals surface area contributed by atoms with Crippen molar-refractivity contribution in [1.82, 2.24) is 10.2 Å². The van der Waals surface area contributed by atoms with Gasteiger partial charge in [-0.25, -0.2) is 8.42 Å². The fourth-order valence-corrected chi connectivity index (χ4v) is 5.36. The summed E-state index contributed by atoms with van der Waals surface area (Å²) >= 11 is 0. The second-order valence-electron chi connectivity index (χ2n) is 10.9. The van der Waals surface area contributed by atoms with E-state index in [9.17, 15) is 18.0 Å². The van der Waals surface area contributed by atoms with Gasteiger partial charge < -0.3 is 10.2 Å². The Bertz CT molecular complexity index is 1200. The molecule has 0 saturated heterocycles. The number of carbonyl (C=O) groups excluding carboxylic acids is 2. The van der Waals surface area contributed by atoms with E-state index in [1.807, 2.05) is 90.9 Å². The smallest absolute Gasteiger partial charge is 0.243 e. The minimum absolute atomic E-state index is 0.127. The van der Waals surface area contributed by atoms with Crippen LogP contribution >= 0.6 is 0 Å². The Hall–Kier alpha value is -2.87. The molecular weight excluding hydrogens is 486 g/mol. The van der Waals surface area contributed by atoms with Crippen LogP contribution < -0.4 is 9.62 Å². The Kier molecular flexibility index (Phi) is 10.3. The molecule has 0 fully saturated rings. The molecule has 37 heavy (non-hydrogen) atoms. The number of aryl methyl sites for hydroxylation is 3. The minimum Gasteiger partial charge on any atom is -0.350 e. The average Bonchev–Trinajstić information content (AvgIpc) is 2.76. The third-order valence-corrected chi connectivity index (χ3v) is 7.28. The Morgan fingerprint density at radius 3 is 2.22 bits per heavy atom. The normalized spacial score (nSPS) is 12.6. The van der Waals surface area contributed by atoms with Gasteiger partial charge in [-0.15, -0.1) is 0 Å². The molecule has 1 N–H and O–H groups in total. The first-order chi connectivity index (χ1) is 17.1. The molecule has 0 spiro atoms. The molecule has 8 heteroatoms. The molecule has 7 nitrogen and oxygen atoms in total. The van der Waals surface area contributed by atoms with E-state index < -0.39 is 21.6 Å². The molecule has 204 valence electrons. The van der Waals surface area contributed by atoms with Crippen LogP contribution in [0.1, 0.15) is 69.2 Å². The maximum absolute atomic E-state index is 13.6. The molecule has 0 aromatic heterocycles. The predicted molar refractivity (Wildman–Crippen MR) is 151 cm³/mol. The van der Waals surface area contributed by atoms with Gasteiger partial charge in [0.2, 0.25) is 21.8 Å². The Labute approximate surface area is 223 Å². The van der Waals surface area contributed by atoms with Crippen molar-refractivity contribution in [2.45, 2.75) is 85.9 Å². The number of nitrogens with zero attached hydrogens (tertiary/aromatic N) is 2. The number of benzene rings is 2. The van der Waals surface area contributed by atoms with Crippen molar-refractivity contribution in [3.05, 3.63) is 64.7 Å². The molecule has 0 aliphatic rings. The van der Waals surface area contributed by atoms with E-state index in [0.29, 0.717) is 25.1 Å². The van der Waals surface area contributed by atoms with Gasteiger partial charge in [0.25, 0.3) is 0 Å². The summed E-state index contributed by atoms with van der Waals surface area (Å²) in [7, 11) is -3.54. The van der Waals surface area contributed by atoms with E-state index in [4.69, 9.17) is 0 Å². The summed E-state index contributed by atoms with van der Waals surface area (Å²) in [6.07, 6.45) is 2.12. The molecule has 1 atom stereocenters. The first-order valence-electron chi connectivity index (χ1n) is 12.8. The number of sulfonamides is 1. The van der Waals surface area contributed by atoms with Crippen LogP contribution in [0.25, 0.3) is 0 Å². The molecular formula is C29H43N3O4S. The quantitative estimate of drug-likeness (QED) is 0.449. The van der Waals surface area contributed by atoms with Crippen LogP contribution in [-0.2, 0) is 26.2 Å². The Balaban J connectivity index is 2.28. The van der Waals surface area contributed by atoms with Gasteiger partial charge in [-0.05, 0) is 77.1 Å². The van der Waals surface area contributed by atoms with Crippen molar-refractivity contribution in [2.75, 3.05) is 17.1 Å². The number of carbonyl (C=O) groups is 2. The van der Waals surface area contributed by atoms with Crippen LogP contribution in [0.5, 0.6) is 0 Å². The van der Waals surface area contributed by atoms with E-state index in [2.05, 4.69) is 5.32 Å². The first-order valence-corrected chi connectivity index (χ1v) is 14.7. The highest BCUT2D eigenvalue weighted by Crippen LogP contribution is 2.25. The SMILES string of the molecule is CCC(C(=O)NC(C)(C)C)N(Cc1cccc(C)c1)C(=O)CCCN(c1cc(C)ccc1C)S(C)(=O)=O.